The van der Waals surface area contributed by atoms with Gasteiger partial charge in [-0.3, -0.25) is 4.79 Å². The van der Waals surface area contributed by atoms with E-state index in [0.29, 0.717) is 24.7 Å². The first-order valence-corrected chi connectivity index (χ1v) is 8.30. The average Bonchev–Trinajstić information content (AvgIpc) is 2.60. The Morgan fingerprint density at radius 2 is 1.83 bits per heavy atom. The van der Waals surface area contributed by atoms with Crippen molar-refractivity contribution in [2.75, 3.05) is 26.9 Å². The summed E-state index contributed by atoms with van der Waals surface area (Å²) in [6.45, 7) is 2.71. The second kappa shape index (κ2) is 9.17. The molecular formula is C18H20BrNO4. The standard InChI is InChI=1S/C18H20BrNO4/c1-13-10-16(6-7-17(13)19)24-12-18(21)20-8-9-23-15-5-3-4-14(11-15)22-2/h3-7,10-11H,8-9,12H2,1-2H3,(H,20,21). The third-order valence-electron chi connectivity index (χ3n) is 3.23. The highest BCUT2D eigenvalue weighted by atomic mass is 79.9. The topological polar surface area (TPSA) is 56.8 Å². The van der Waals surface area contributed by atoms with E-state index in [2.05, 4.69) is 21.2 Å². The quantitative estimate of drug-likeness (QED) is 0.698. The van der Waals surface area contributed by atoms with Crippen LogP contribution < -0.4 is 19.5 Å². The van der Waals surface area contributed by atoms with Crippen molar-refractivity contribution in [3.05, 3.63) is 52.5 Å². The van der Waals surface area contributed by atoms with Gasteiger partial charge in [0, 0.05) is 10.5 Å². The predicted molar refractivity (Wildman–Crippen MR) is 95.9 cm³/mol. The molecule has 1 N–H and O–H groups in total. The Hall–Kier alpha value is -2.21. The van der Waals surface area contributed by atoms with Gasteiger partial charge in [-0.15, -0.1) is 0 Å². The van der Waals surface area contributed by atoms with E-state index in [-0.39, 0.29) is 12.5 Å². The molecule has 0 radical (unpaired) electrons. The zero-order valence-corrected chi connectivity index (χ0v) is 15.3. The summed E-state index contributed by atoms with van der Waals surface area (Å²) in [5.41, 5.74) is 1.06. The maximum absolute atomic E-state index is 11.8. The molecule has 2 aromatic rings. The Labute approximate surface area is 150 Å². The number of nitrogens with one attached hydrogen (secondary N) is 1. The van der Waals surface area contributed by atoms with Crippen LogP contribution in [-0.2, 0) is 4.79 Å². The number of ether oxygens (including phenoxy) is 3. The maximum Gasteiger partial charge on any atom is 0.258 e. The van der Waals surface area contributed by atoms with E-state index in [1.54, 1.807) is 13.2 Å². The molecule has 5 nitrogen and oxygen atoms in total. The zero-order valence-electron chi connectivity index (χ0n) is 13.7. The molecule has 0 heterocycles. The summed E-state index contributed by atoms with van der Waals surface area (Å²) in [6.07, 6.45) is 0. The van der Waals surface area contributed by atoms with Crippen molar-refractivity contribution in [1.29, 1.82) is 0 Å². The van der Waals surface area contributed by atoms with Crippen LogP contribution in [0.3, 0.4) is 0 Å². The maximum atomic E-state index is 11.8. The lowest BCUT2D eigenvalue weighted by Crippen LogP contribution is -2.32. The van der Waals surface area contributed by atoms with Gasteiger partial charge >= 0.3 is 0 Å². The van der Waals surface area contributed by atoms with Gasteiger partial charge in [0.05, 0.1) is 13.7 Å². The molecule has 0 fully saturated rings. The number of hydrogen-bond acceptors (Lipinski definition) is 4. The highest BCUT2D eigenvalue weighted by Crippen LogP contribution is 2.21. The van der Waals surface area contributed by atoms with Gasteiger partial charge in [0.2, 0.25) is 0 Å². The summed E-state index contributed by atoms with van der Waals surface area (Å²) >= 11 is 3.42. The minimum Gasteiger partial charge on any atom is -0.497 e. The lowest BCUT2D eigenvalue weighted by atomic mass is 10.2. The van der Waals surface area contributed by atoms with Gasteiger partial charge in [0.15, 0.2) is 6.61 Å². The number of carbonyl (C=O) groups is 1. The first-order valence-electron chi connectivity index (χ1n) is 7.51. The number of hydrogen-bond donors (Lipinski definition) is 1. The third-order valence-corrected chi connectivity index (χ3v) is 4.12. The molecule has 0 aliphatic rings. The number of halogens is 1. The van der Waals surface area contributed by atoms with Crippen LogP contribution in [0.4, 0.5) is 0 Å². The number of amides is 1. The number of carbonyl (C=O) groups excluding carboxylic acids is 1. The molecule has 2 aromatic carbocycles. The van der Waals surface area contributed by atoms with E-state index in [0.717, 1.165) is 15.8 Å². The van der Waals surface area contributed by atoms with Gasteiger partial charge in [0.1, 0.15) is 23.9 Å². The fourth-order valence-corrected chi connectivity index (χ4v) is 2.20. The Morgan fingerprint density at radius 3 is 2.58 bits per heavy atom. The molecule has 6 heteroatoms. The molecule has 128 valence electrons. The summed E-state index contributed by atoms with van der Waals surface area (Å²) in [6, 6.07) is 12.9. The molecule has 0 unspecified atom stereocenters. The van der Waals surface area contributed by atoms with Crippen LogP contribution in [0, 0.1) is 6.92 Å². The fourth-order valence-electron chi connectivity index (χ4n) is 1.96. The van der Waals surface area contributed by atoms with Crippen LogP contribution >= 0.6 is 15.9 Å². The summed E-state index contributed by atoms with van der Waals surface area (Å²) in [4.78, 5) is 11.8. The summed E-state index contributed by atoms with van der Waals surface area (Å²) in [5.74, 6) is 1.91. The smallest absolute Gasteiger partial charge is 0.258 e. The lowest BCUT2D eigenvalue weighted by Gasteiger charge is -2.10. The van der Waals surface area contributed by atoms with E-state index >= 15 is 0 Å². The van der Waals surface area contributed by atoms with Crippen LogP contribution in [0.2, 0.25) is 0 Å². The van der Waals surface area contributed by atoms with Crippen molar-refractivity contribution in [3.63, 3.8) is 0 Å². The van der Waals surface area contributed by atoms with Crippen molar-refractivity contribution in [2.24, 2.45) is 0 Å². The van der Waals surface area contributed by atoms with Crippen molar-refractivity contribution >= 4 is 21.8 Å². The number of rotatable bonds is 8. The Morgan fingerprint density at radius 1 is 1.08 bits per heavy atom. The number of benzene rings is 2. The van der Waals surface area contributed by atoms with Gasteiger partial charge in [0.25, 0.3) is 5.91 Å². The van der Waals surface area contributed by atoms with Crippen LogP contribution in [-0.4, -0.2) is 32.8 Å². The molecule has 0 atom stereocenters. The Kier molecular flexibility index (Phi) is 6.93. The minimum atomic E-state index is -0.190. The molecule has 24 heavy (non-hydrogen) atoms. The van der Waals surface area contributed by atoms with Gasteiger partial charge < -0.3 is 19.5 Å². The Balaban J connectivity index is 1.66. The highest BCUT2D eigenvalue weighted by Gasteiger charge is 2.04. The van der Waals surface area contributed by atoms with E-state index < -0.39 is 0 Å². The van der Waals surface area contributed by atoms with E-state index in [4.69, 9.17) is 14.2 Å². The molecule has 0 aliphatic heterocycles. The van der Waals surface area contributed by atoms with Crippen molar-refractivity contribution in [1.82, 2.24) is 5.32 Å². The van der Waals surface area contributed by atoms with Crippen molar-refractivity contribution < 1.29 is 19.0 Å². The average molecular weight is 394 g/mol. The molecular weight excluding hydrogens is 374 g/mol. The minimum absolute atomic E-state index is 0.0275. The molecule has 0 saturated carbocycles. The molecule has 0 spiro atoms. The number of methoxy groups -OCH3 is 1. The largest absolute Gasteiger partial charge is 0.497 e. The lowest BCUT2D eigenvalue weighted by molar-refractivity contribution is -0.123. The van der Waals surface area contributed by atoms with Crippen molar-refractivity contribution in [3.8, 4) is 17.2 Å². The Bertz CT molecular complexity index is 690. The molecule has 2 rings (SSSR count). The van der Waals surface area contributed by atoms with E-state index in [1.807, 2.05) is 43.3 Å². The molecule has 0 aliphatic carbocycles. The van der Waals surface area contributed by atoms with Gasteiger partial charge in [-0.2, -0.15) is 0 Å². The van der Waals surface area contributed by atoms with Crippen LogP contribution in [0.25, 0.3) is 0 Å². The van der Waals surface area contributed by atoms with E-state index in [9.17, 15) is 4.79 Å². The SMILES string of the molecule is COc1cccc(OCCNC(=O)COc2ccc(Br)c(C)c2)c1. The van der Waals surface area contributed by atoms with Crippen LogP contribution in [0.5, 0.6) is 17.2 Å². The van der Waals surface area contributed by atoms with Gasteiger partial charge in [-0.25, -0.2) is 0 Å². The second-order valence-corrected chi connectivity index (χ2v) is 5.93. The summed E-state index contributed by atoms with van der Waals surface area (Å²) < 4.78 is 17.1. The first-order chi connectivity index (χ1) is 11.6. The number of aryl methyl sites for hydroxylation is 1. The van der Waals surface area contributed by atoms with Crippen LogP contribution in [0.15, 0.2) is 46.9 Å². The fraction of sp³-hybridized carbons (Fsp3) is 0.278. The third kappa shape index (κ3) is 5.77. The highest BCUT2D eigenvalue weighted by molar-refractivity contribution is 9.10. The monoisotopic (exact) mass is 393 g/mol. The van der Waals surface area contributed by atoms with E-state index in [1.165, 1.54) is 0 Å². The second-order valence-electron chi connectivity index (χ2n) is 5.08. The molecule has 0 aromatic heterocycles. The molecule has 1 amide bonds. The normalized spacial score (nSPS) is 10.1. The van der Waals surface area contributed by atoms with Gasteiger partial charge in [-0.1, -0.05) is 22.0 Å². The predicted octanol–water partition coefficient (Wildman–Crippen LogP) is 3.34. The molecule has 0 saturated heterocycles. The zero-order chi connectivity index (χ0) is 17.4. The summed E-state index contributed by atoms with van der Waals surface area (Å²) in [7, 11) is 1.60. The van der Waals surface area contributed by atoms with Crippen LogP contribution in [0.1, 0.15) is 5.56 Å². The van der Waals surface area contributed by atoms with Gasteiger partial charge in [-0.05, 0) is 42.8 Å². The summed E-state index contributed by atoms with van der Waals surface area (Å²) in [5, 5.41) is 2.75. The van der Waals surface area contributed by atoms with Crippen molar-refractivity contribution in [2.45, 2.75) is 6.92 Å². The first kappa shape index (κ1) is 18.1. The molecule has 0 bridgehead atoms.